The fourth-order valence-electron chi connectivity index (χ4n) is 2.79. The second kappa shape index (κ2) is 4.45. The van der Waals surface area contributed by atoms with E-state index in [1.807, 2.05) is 11.7 Å². The first-order valence-corrected chi connectivity index (χ1v) is 5.99. The van der Waals surface area contributed by atoms with Gasteiger partial charge in [0, 0.05) is 13.1 Å². The molecule has 4 nitrogen and oxygen atoms in total. The Kier molecular flexibility index (Phi) is 3.19. The number of hydrogen-bond donors (Lipinski definition) is 1. The topological polar surface area (TPSA) is 39.1 Å². The van der Waals surface area contributed by atoms with Crippen LogP contribution in [-0.4, -0.2) is 23.4 Å². The summed E-state index contributed by atoms with van der Waals surface area (Å²) >= 11 is 0. The number of aromatic nitrogens is 2. The fraction of sp³-hybridized carbons (Fsp3) is 0.750. The highest BCUT2D eigenvalue weighted by Crippen LogP contribution is 2.38. The molecule has 1 fully saturated rings. The quantitative estimate of drug-likeness (QED) is 0.849. The van der Waals surface area contributed by atoms with E-state index in [0.29, 0.717) is 12.0 Å². The number of aryl methyl sites for hydroxylation is 2. The number of nitrogens with one attached hydrogen (secondary N) is 1. The monoisotopic (exact) mass is 223 g/mol. The zero-order chi connectivity index (χ0) is 11.7. The molecule has 0 aromatic carbocycles. The van der Waals surface area contributed by atoms with E-state index in [4.69, 9.17) is 4.74 Å². The maximum Gasteiger partial charge on any atom is 0.216 e. The average Bonchev–Trinajstić information content (AvgIpc) is 2.81. The Balaban J connectivity index is 2.38. The maximum absolute atomic E-state index is 5.46. The zero-order valence-corrected chi connectivity index (χ0v) is 10.6. The van der Waals surface area contributed by atoms with E-state index in [-0.39, 0.29) is 0 Å². The van der Waals surface area contributed by atoms with E-state index in [1.54, 1.807) is 7.11 Å². The molecule has 1 saturated heterocycles. The molecule has 0 bridgehead atoms. The highest BCUT2D eigenvalue weighted by molar-refractivity contribution is 5.35. The van der Waals surface area contributed by atoms with Crippen molar-refractivity contribution in [1.82, 2.24) is 15.1 Å². The number of rotatable bonds is 3. The Morgan fingerprint density at radius 3 is 2.94 bits per heavy atom. The van der Waals surface area contributed by atoms with Crippen molar-refractivity contribution in [1.29, 1.82) is 0 Å². The van der Waals surface area contributed by atoms with Gasteiger partial charge in [-0.1, -0.05) is 13.3 Å². The van der Waals surface area contributed by atoms with E-state index in [0.717, 1.165) is 18.1 Å². The molecule has 1 aliphatic heterocycles. The lowest BCUT2D eigenvalue weighted by Gasteiger charge is -2.18. The third kappa shape index (κ3) is 1.71. The number of hydrogen-bond acceptors (Lipinski definition) is 3. The van der Waals surface area contributed by atoms with Crippen LogP contribution < -0.4 is 10.1 Å². The van der Waals surface area contributed by atoms with Crippen LogP contribution in [0.3, 0.4) is 0 Å². The van der Waals surface area contributed by atoms with Gasteiger partial charge in [0.15, 0.2) is 0 Å². The molecule has 0 saturated carbocycles. The highest BCUT2D eigenvalue weighted by atomic mass is 16.5. The minimum atomic E-state index is 0.411. The number of nitrogens with zero attached hydrogens (tertiary/aromatic N) is 2. The molecule has 2 heterocycles. The Morgan fingerprint density at radius 1 is 1.56 bits per heavy atom. The Morgan fingerprint density at radius 2 is 2.31 bits per heavy atom. The van der Waals surface area contributed by atoms with Crippen LogP contribution in [0.4, 0.5) is 0 Å². The summed E-state index contributed by atoms with van der Waals surface area (Å²) in [4.78, 5) is 0. The van der Waals surface area contributed by atoms with E-state index < -0.39 is 0 Å². The summed E-state index contributed by atoms with van der Waals surface area (Å²) in [5.74, 6) is 1.60. The molecular formula is C12H21N3O. The summed E-state index contributed by atoms with van der Waals surface area (Å²) < 4.78 is 7.29. The van der Waals surface area contributed by atoms with Crippen LogP contribution in [-0.2, 0) is 7.05 Å². The van der Waals surface area contributed by atoms with E-state index in [9.17, 15) is 0 Å². The second-order valence-corrected chi connectivity index (χ2v) is 4.52. The van der Waals surface area contributed by atoms with E-state index in [1.165, 1.54) is 18.4 Å². The van der Waals surface area contributed by atoms with Gasteiger partial charge in [0.05, 0.1) is 18.4 Å². The van der Waals surface area contributed by atoms with Crippen LogP contribution in [0.5, 0.6) is 5.88 Å². The summed E-state index contributed by atoms with van der Waals surface area (Å²) in [5.41, 5.74) is 2.33. The Bertz CT molecular complexity index is 373. The van der Waals surface area contributed by atoms with Gasteiger partial charge in [0.1, 0.15) is 0 Å². The molecule has 0 radical (unpaired) electrons. The number of methoxy groups -OCH3 is 1. The first-order chi connectivity index (χ1) is 7.69. The van der Waals surface area contributed by atoms with Crippen LogP contribution in [0.2, 0.25) is 0 Å². The van der Waals surface area contributed by atoms with E-state index in [2.05, 4.69) is 24.3 Å². The lowest BCUT2D eigenvalue weighted by molar-refractivity contribution is 0.355. The molecule has 4 heteroatoms. The summed E-state index contributed by atoms with van der Waals surface area (Å²) in [6.45, 7) is 5.41. The molecule has 0 spiro atoms. The van der Waals surface area contributed by atoms with Gasteiger partial charge in [-0.2, -0.15) is 5.10 Å². The van der Waals surface area contributed by atoms with Crippen molar-refractivity contribution >= 4 is 0 Å². The van der Waals surface area contributed by atoms with Crippen molar-refractivity contribution < 1.29 is 4.74 Å². The van der Waals surface area contributed by atoms with Gasteiger partial charge in [-0.15, -0.1) is 0 Å². The SMILES string of the molecule is CCC1CCNC1c1c(C)nn(C)c1OC. The van der Waals surface area contributed by atoms with Crippen LogP contribution in [0.1, 0.15) is 37.1 Å². The molecule has 90 valence electrons. The van der Waals surface area contributed by atoms with Crippen molar-refractivity contribution in [3.8, 4) is 5.88 Å². The molecule has 1 N–H and O–H groups in total. The van der Waals surface area contributed by atoms with Crippen LogP contribution >= 0.6 is 0 Å². The van der Waals surface area contributed by atoms with Crippen molar-refractivity contribution in [3.05, 3.63) is 11.3 Å². The van der Waals surface area contributed by atoms with Crippen LogP contribution in [0.15, 0.2) is 0 Å². The van der Waals surface area contributed by atoms with Gasteiger partial charge in [-0.3, -0.25) is 0 Å². The van der Waals surface area contributed by atoms with Crippen molar-refractivity contribution in [2.75, 3.05) is 13.7 Å². The van der Waals surface area contributed by atoms with Gasteiger partial charge >= 0.3 is 0 Å². The van der Waals surface area contributed by atoms with Crippen molar-refractivity contribution in [2.24, 2.45) is 13.0 Å². The molecule has 16 heavy (non-hydrogen) atoms. The summed E-state index contributed by atoms with van der Waals surface area (Å²) in [6.07, 6.45) is 2.45. The summed E-state index contributed by atoms with van der Waals surface area (Å²) in [5, 5.41) is 8.02. The molecule has 1 aromatic rings. The molecule has 2 unspecified atom stereocenters. The van der Waals surface area contributed by atoms with Gasteiger partial charge in [-0.25, -0.2) is 4.68 Å². The fourth-order valence-corrected chi connectivity index (χ4v) is 2.79. The van der Waals surface area contributed by atoms with Gasteiger partial charge < -0.3 is 10.1 Å². The molecular weight excluding hydrogens is 202 g/mol. The van der Waals surface area contributed by atoms with Gasteiger partial charge in [0.25, 0.3) is 0 Å². The maximum atomic E-state index is 5.46. The molecule has 2 atom stereocenters. The Hall–Kier alpha value is -1.03. The second-order valence-electron chi connectivity index (χ2n) is 4.52. The standard InChI is InChI=1S/C12H21N3O/c1-5-9-6-7-13-11(9)10-8(2)14-15(3)12(10)16-4/h9,11,13H,5-7H2,1-4H3. The lowest BCUT2D eigenvalue weighted by Crippen LogP contribution is -2.18. The Labute approximate surface area is 97.0 Å². The van der Waals surface area contributed by atoms with Crippen molar-refractivity contribution in [2.45, 2.75) is 32.7 Å². The molecule has 1 aromatic heterocycles. The van der Waals surface area contributed by atoms with Crippen LogP contribution in [0.25, 0.3) is 0 Å². The predicted molar refractivity (Wildman–Crippen MR) is 63.6 cm³/mol. The van der Waals surface area contributed by atoms with Gasteiger partial charge in [-0.05, 0) is 25.8 Å². The third-order valence-electron chi connectivity index (χ3n) is 3.59. The zero-order valence-electron chi connectivity index (χ0n) is 10.6. The molecule has 1 aliphatic rings. The largest absolute Gasteiger partial charge is 0.481 e. The molecule has 0 aliphatic carbocycles. The smallest absolute Gasteiger partial charge is 0.216 e. The van der Waals surface area contributed by atoms with Crippen LogP contribution in [0, 0.1) is 12.8 Å². The highest BCUT2D eigenvalue weighted by Gasteiger charge is 2.32. The number of ether oxygens (including phenoxy) is 1. The first-order valence-electron chi connectivity index (χ1n) is 5.99. The lowest BCUT2D eigenvalue weighted by atomic mass is 9.92. The van der Waals surface area contributed by atoms with Crippen molar-refractivity contribution in [3.63, 3.8) is 0 Å². The van der Waals surface area contributed by atoms with Gasteiger partial charge in [0.2, 0.25) is 5.88 Å². The minimum Gasteiger partial charge on any atom is -0.481 e. The average molecular weight is 223 g/mol. The molecule has 2 rings (SSSR count). The molecule has 0 amide bonds. The summed E-state index contributed by atoms with van der Waals surface area (Å²) in [6, 6.07) is 0.411. The third-order valence-corrected chi connectivity index (χ3v) is 3.59. The summed E-state index contributed by atoms with van der Waals surface area (Å²) in [7, 11) is 3.65. The minimum absolute atomic E-state index is 0.411. The van der Waals surface area contributed by atoms with E-state index >= 15 is 0 Å². The first kappa shape index (κ1) is 11.5. The normalized spacial score (nSPS) is 25.0. The predicted octanol–water partition coefficient (Wildman–Crippen LogP) is 1.80.